The highest BCUT2D eigenvalue weighted by atomic mass is 16.7. The first kappa shape index (κ1) is 10.9. The first-order valence-electron chi connectivity index (χ1n) is 5.91. The molecule has 4 heteroatoms. The molecule has 1 unspecified atom stereocenters. The molecule has 0 aromatic rings. The first-order chi connectivity index (χ1) is 7.36. The van der Waals surface area contributed by atoms with E-state index < -0.39 is 0 Å². The fourth-order valence-electron chi connectivity index (χ4n) is 2.06. The van der Waals surface area contributed by atoms with Crippen molar-refractivity contribution in [3.8, 4) is 0 Å². The topological polar surface area (TPSA) is 38.8 Å². The summed E-state index contributed by atoms with van der Waals surface area (Å²) >= 11 is 0. The number of ether oxygens (including phenoxy) is 1. The molecule has 0 bridgehead atoms. The molecule has 1 amide bonds. The van der Waals surface area contributed by atoms with Gasteiger partial charge in [-0.1, -0.05) is 0 Å². The van der Waals surface area contributed by atoms with E-state index >= 15 is 0 Å². The molecule has 1 atom stereocenters. The molecule has 2 saturated heterocycles. The van der Waals surface area contributed by atoms with E-state index in [0.717, 1.165) is 38.8 Å². The number of nitrogens with zero attached hydrogens (tertiary/aromatic N) is 1. The number of rotatable bonds is 2. The van der Waals surface area contributed by atoms with Crippen LogP contribution >= 0.6 is 0 Å². The number of carbonyl (C=O) groups is 1. The summed E-state index contributed by atoms with van der Waals surface area (Å²) in [7, 11) is 0. The summed E-state index contributed by atoms with van der Waals surface area (Å²) in [5, 5.41) is 1.52. The van der Waals surface area contributed by atoms with Gasteiger partial charge in [-0.2, -0.15) is 0 Å². The van der Waals surface area contributed by atoms with E-state index in [4.69, 9.17) is 9.57 Å². The third-order valence-electron chi connectivity index (χ3n) is 2.96. The molecule has 0 aromatic carbocycles. The largest absolute Gasteiger partial charge is 0.378 e. The monoisotopic (exact) mass is 213 g/mol. The summed E-state index contributed by atoms with van der Waals surface area (Å²) in [6, 6.07) is 0. The SMILES string of the molecule is O=C(CC1CCCCO1)N1CCCCO1. The van der Waals surface area contributed by atoms with E-state index in [-0.39, 0.29) is 12.0 Å². The van der Waals surface area contributed by atoms with E-state index in [9.17, 15) is 4.79 Å². The van der Waals surface area contributed by atoms with Gasteiger partial charge < -0.3 is 4.74 Å². The minimum Gasteiger partial charge on any atom is -0.378 e. The molecule has 86 valence electrons. The van der Waals surface area contributed by atoms with Gasteiger partial charge in [-0.25, -0.2) is 5.06 Å². The van der Waals surface area contributed by atoms with Crippen LogP contribution in [-0.4, -0.2) is 36.8 Å². The second-order valence-electron chi connectivity index (χ2n) is 4.23. The van der Waals surface area contributed by atoms with E-state index in [1.54, 1.807) is 0 Å². The molecule has 0 aromatic heterocycles. The number of hydrogen-bond donors (Lipinski definition) is 0. The molecule has 2 rings (SSSR count). The van der Waals surface area contributed by atoms with Crippen molar-refractivity contribution in [3.63, 3.8) is 0 Å². The lowest BCUT2D eigenvalue weighted by molar-refractivity contribution is -0.199. The summed E-state index contributed by atoms with van der Waals surface area (Å²) in [6.07, 6.45) is 6.04. The van der Waals surface area contributed by atoms with Gasteiger partial charge in [-0.05, 0) is 32.1 Å². The maximum absolute atomic E-state index is 11.8. The molecular formula is C11H19NO3. The second-order valence-corrected chi connectivity index (χ2v) is 4.23. The molecule has 2 heterocycles. The molecule has 2 aliphatic rings. The maximum atomic E-state index is 11.8. The minimum atomic E-state index is 0.0848. The van der Waals surface area contributed by atoms with Crippen LogP contribution in [0.2, 0.25) is 0 Å². The average molecular weight is 213 g/mol. The molecule has 15 heavy (non-hydrogen) atoms. The van der Waals surface area contributed by atoms with Gasteiger partial charge in [0.1, 0.15) is 0 Å². The summed E-state index contributed by atoms with van der Waals surface area (Å²) in [5.74, 6) is 0.0848. The van der Waals surface area contributed by atoms with Crippen LogP contribution < -0.4 is 0 Å². The lowest BCUT2D eigenvalue weighted by atomic mass is 10.1. The number of amides is 1. The smallest absolute Gasteiger partial charge is 0.248 e. The zero-order chi connectivity index (χ0) is 10.5. The minimum absolute atomic E-state index is 0.0848. The van der Waals surface area contributed by atoms with Crippen LogP contribution in [0.1, 0.15) is 38.5 Å². The van der Waals surface area contributed by atoms with Crippen molar-refractivity contribution in [3.05, 3.63) is 0 Å². The fraction of sp³-hybridized carbons (Fsp3) is 0.909. The molecule has 0 saturated carbocycles. The summed E-state index contributed by atoms with van der Waals surface area (Å²) < 4.78 is 5.54. The molecule has 0 N–H and O–H groups in total. The van der Waals surface area contributed by atoms with Crippen LogP contribution in [0.5, 0.6) is 0 Å². The third-order valence-corrected chi connectivity index (χ3v) is 2.96. The van der Waals surface area contributed by atoms with Crippen molar-refractivity contribution in [2.24, 2.45) is 0 Å². The Morgan fingerprint density at radius 2 is 2.07 bits per heavy atom. The number of hydrogen-bond acceptors (Lipinski definition) is 3. The second kappa shape index (κ2) is 5.47. The molecule has 4 nitrogen and oxygen atoms in total. The van der Waals surface area contributed by atoms with E-state index in [0.29, 0.717) is 13.0 Å². The highest BCUT2D eigenvalue weighted by Gasteiger charge is 2.23. The predicted octanol–water partition coefficient (Wildman–Crippen LogP) is 1.50. The van der Waals surface area contributed by atoms with Gasteiger partial charge in [0.05, 0.1) is 19.1 Å². The van der Waals surface area contributed by atoms with Gasteiger partial charge in [0.2, 0.25) is 5.91 Å². The van der Waals surface area contributed by atoms with Gasteiger partial charge >= 0.3 is 0 Å². The lowest BCUT2D eigenvalue weighted by Gasteiger charge is -2.28. The van der Waals surface area contributed by atoms with Crippen LogP contribution in [0.25, 0.3) is 0 Å². The Bertz CT molecular complexity index is 208. The van der Waals surface area contributed by atoms with Crippen LogP contribution in [0.3, 0.4) is 0 Å². The van der Waals surface area contributed by atoms with Gasteiger partial charge in [-0.15, -0.1) is 0 Å². The van der Waals surface area contributed by atoms with Crippen molar-refractivity contribution in [1.29, 1.82) is 0 Å². The molecular weight excluding hydrogens is 194 g/mol. The Balaban J connectivity index is 1.74. The van der Waals surface area contributed by atoms with E-state index in [2.05, 4.69) is 0 Å². The average Bonchev–Trinajstić information content (AvgIpc) is 2.31. The first-order valence-corrected chi connectivity index (χ1v) is 5.91. The van der Waals surface area contributed by atoms with Crippen LogP contribution in [-0.2, 0) is 14.4 Å². The number of hydroxylamine groups is 2. The standard InChI is InChI=1S/C11H19NO3/c13-11(12-6-2-4-8-15-12)9-10-5-1-3-7-14-10/h10H,1-9H2. The Morgan fingerprint density at radius 1 is 1.20 bits per heavy atom. The highest BCUT2D eigenvalue weighted by molar-refractivity contribution is 5.75. The zero-order valence-corrected chi connectivity index (χ0v) is 9.11. The quantitative estimate of drug-likeness (QED) is 0.697. The highest BCUT2D eigenvalue weighted by Crippen LogP contribution is 2.17. The molecule has 2 aliphatic heterocycles. The van der Waals surface area contributed by atoms with Gasteiger partial charge in [-0.3, -0.25) is 9.63 Å². The Labute approximate surface area is 90.5 Å². The lowest BCUT2D eigenvalue weighted by Crippen LogP contribution is -2.38. The Kier molecular flexibility index (Phi) is 3.97. The van der Waals surface area contributed by atoms with Crippen LogP contribution in [0.4, 0.5) is 0 Å². The Hall–Kier alpha value is -0.610. The van der Waals surface area contributed by atoms with Crippen molar-refractivity contribution >= 4 is 5.91 Å². The fourth-order valence-corrected chi connectivity index (χ4v) is 2.06. The van der Waals surface area contributed by atoms with Crippen LogP contribution in [0.15, 0.2) is 0 Å². The third kappa shape index (κ3) is 3.18. The number of carbonyl (C=O) groups excluding carboxylic acids is 1. The van der Waals surface area contributed by atoms with Crippen molar-refractivity contribution in [2.75, 3.05) is 19.8 Å². The zero-order valence-electron chi connectivity index (χ0n) is 9.11. The van der Waals surface area contributed by atoms with Crippen molar-refractivity contribution < 1.29 is 14.4 Å². The summed E-state index contributed by atoms with van der Waals surface area (Å²) in [5.41, 5.74) is 0. The summed E-state index contributed by atoms with van der Waals surface area (Å²) in [4.78, 5) is 17.1. The summed E-state index contributed by atoms with van der Waals surface area (Å²) in [6.45, 7) is 2.22. The van der Waals surface area contributed by atoms with E-state index in [1.807, 2.05) is 0 Å². The predicted molar refractivity (Wildman–Crippen MR) is 55.1 cm³/mol. The van der Waals surface area contributed by atoms with Crippen molar-refractivity contribution in [1.82, 2.24) is 5.06 Å². The van der Waals surface area contributed by atoms with Gasteiger partial charge in [0, 0.05) is 13.2 Å². The van der Waals surface area contributed by atoms with E-state index in [1.165, 1.54) is 11.5 Å². The Morgan fingerprint density at radius 3 is 2.73 bits per heavy atom. The van der Waals surface area contributed by atoms with Crippen LogP contribution in [0, 0.1) is 0 Å². The molecule has 0 aliphatic carbocycles. The molecule has 0 radical (unpaired) electrons. The molecule has 2 fully saturated rings. The normalized spacial score (nSPS) is 27.7. The van der Waals surface area contributed by atoms with Gasteiger partial charge in [0.25, 0.3) is 0 Å². The molecule has 0 spiro atoms. The maximum Gasteiger partial charge on any atom is 0.248 e. The van der Waals surface area contributed by atoms with Gasteiger partial charge in [0.15, 0.2) is 0 Å². The van der Waals surface area contributed by atoms with Crippen molar-refractivity contribution in [2.45, 2.75) is 44.6 Å².